The number of hydrogen-bond donors (Lipinski definition) is 1. The second-order valence-corrected chi connectivity index (χ2v) is 8.40. The van der Waals surface area contributed by atoms with Gasteiger partial charge in [0.15, 0.2) is 9.84 Å². The van der Waals surface area contributed by atoms with Crippen LogP contribution in [0.5, 0.6) is 0 Å². The monoisotopic (exact) mass is 264 g/mol. The Hall–Kier alpha value is 0.220. The summed E-state index contributed by atoms with van der Waals surface area (Å²) in [4.78, 5) is 2.07. The Bertz CT molecular complexity index is 352. The third kappa shape index (κ3) is 2.72. The summed E-state index contributed by atoms with van der Waals surface area (Å²) in [5.74, 6) is 1.71. The Kier molecular flexibility index (Phi) is 3.55. The summed E-state index contributed by atoms with van der Waals surface area (Å²) in [7, 11) is -2.98. The van der Waals surface area contributed by atoms with Crippen molar-refractivity contribution in [1.82, 2.24) is 4.90 Å². The van der Waals surface area contributed by atoms with Gasteiger partial charge in [-0.05, 0) is 19.3 Å². The van der Waals surface area contributed by atoms with Gasteiger partial charge in [0.05, 0.1) is 0 Å². The molecule has 1 aliphatic carbocycles. The van der Waals surface area contributed by atoms with Crippen LogP contribution < -0.4 is 5.73 Å². The van der Waals surface area contributed by atoms with Crippen LogP contribution in [0.1, 0.15) is 19.3 Å². The van der Waals surface area contributed by atoms with Gasteiger partial charge in [-0.25, -0.2) is 8.42 Å². The Balaban J connectivity index is 2.05. The molecule has 6 heteroatoms. The van der Waals surface area contributed by atoms with Crippen LogP contribution in [0, 0.1) is 0 Å². The zero-order valence-electron chi connectivity index (χ0n) is 9.68. The molecule has 0 radical (unpaired) electrons. The molecule has 2 aliphatic rings. The van der Waals surface area contributed by atoms with E-state index in [0.29, 0.717) is 5.75 Å². The molecule has 1 atom stereocenters. The van der Waals surface area contributed by atoms with Gasteiger partial charge in [-0.15, -0.1) is 0 Å². The predicted molar refractivity (Wildman–Crippen MR) is 68.3 cm³/mol. The smallest absolute Gasteiger partial charge is 0.164 e. The SMILES string of the molecule is CS(=O)(=O)C1CSCCN1CC1(N)CCC1. The van der Waals surface area contributed by atoms with Crippen molar-refractivity contribution >= 4 is 21.6 Å². The van der Waals surface area contributed by atoms with Crippen LogP contribution in [-0.2, 0) is 9.84 Å². The lowest BCUT2D eigenvalue weighted by Crippen LogP contribution is -2.59. The highest BCUT2D eigenvalue weighted by Crippen LogP contribution is 2.32. The summed E-state index contributed by atoms with van der Waals surface area (Å²) in [6.45, 7) is 1.59. The molecule has 0 aromatic heterocycles. The summed E-state index contributed by atoms with van der Waals surface area (Å²) < 4.78 is 23.4. The standard InChI is InChI=1S/C10H20N2O2S2/c1-16(13,14)9-7-15-6-5-12(9)8-10(11)3-2-4-10/h9H,2-8,11H2,1H3. The van der Waals surface area contributed by atoms with Gasteiger partial charge in [-0.1, -0.05) is 0 Å². The summed E-state index contributed by atoms with van der Waals surface area (Å²) in [5.41, 5.74) is 6.08. The van der Waals surface area contributed by atoms with E-state index in [9.17, 15) is 8.42 Å². The summed E-state index contributed by atoms with van der Waals surface area (Å²) in [5, 5.41) is -0.327. The first-order valence-corrected chi connectivity index (χ1v) is 8.81. The van der Waals surface area contributed by atoms with E-state index in [2.05, 4.69) is 4.90 Å². The predicted octanol–water partition coefficient (Wildman–Crippen LogP) is 0.287. The maximum atomic E-state index is 11.7. The van der Waals surface area contributed by atoms with Gasteiger partial charge in [0, 0.05) is 36.4 Å². The summed E-state index contributed by atoms with van der Waals surface area (Å²) >= 11 is 1.72. The zero-order chi connectivity index (χ0) is 11.8. The lowest BCUT2D eigenvalue weighted by molar-refractivity contribution is 0.142. The van der Waals surface area contributed by atoms with Crippen LogP contribution in [0.3, 0.4) is 0 Å². The average Bonchev–Trinajstić information content (AvgIpc) is 2.14. The lowest BCUT2D eigenvalue weighted by atomic mass is 9.77. The molecule has 1 aliphatic heterocycles. The maximum absolute atomic E-state index is 11.7. The number of rotatable bonds is 3. The molecule has 1 heterocycles. The van der Waals surface area contributed by atoms with Crippen molar-refractivity contribution < 1.29 is 8.42 Å². The van der Waals surface area contributed by atoms with Gasteiger partial charge in [-0.3, -0.25) is 4.90 Å². The molecule has 2 N–H and O–H groups in total. The molecule has 1 saturated heterocycles. The highest BCUT2D eigenvalue weighted by Gasteiger charge is 2.39. The van der Waals surface area contributed by atoms with E-state index in [1.807, 2.05) is 0 Å². The van der Waals surface area contributed by atoms with Crippen molar-refractivity contribution in [2.24, 2.45) is 5.73 Å². The van der Waals surface area contributed by atoms with Crippen LogP contribution in [0.15, 0.2) is 0 Å². The fourth-order valence-corrected chi connectivity index (χ4v) is 5.33. The van der Waals surface area contributed by atoms with Crippen molar-refractivity contribution in [1.29, 1.82) is 0 Å². The third-order valence-electron chi connectivity index (χ3n) is 3.55. The molecule has 2 rings (SSSR count). The van der Waals surface area contributed by atoms with Crippen molar-refractivity contribution in [2.45, 2.75) is 30.2 Å². The van der Waals surface area contributed by atoms with Gasteiger partial charge in [0.25, 0.3) is 0 Å². The molecule has 94 valence electrons. The Morgan fingerprint density at radius 1 is 1.50 bits per heavy atom. The molecule has 1 unspecified atom stereocenters. The molecule has 0 aromatic rings. The molecular weight excluding hydrogens is 244 g/mol. The molecule has 16 heavy (non-hydrogen) atoms. The second kappa shape index (κ2) is 4.48. The minimum Gasteiger partial charge on any atom is -0.324 e. The van der Waals surface area contributed by atoms with E-state index >= 15 is 0 Å². The summed E-state index contributed by atoms with van der Waals surface area (Å²) in [6, 6.07) is 0. The quantitative estimate of drug-likeness (QED) is 0.793. The van der Waals surface area contributed by atoms with E-state index in [1.54, 1.807) is 11.8 Å². The Labute approximate surface area is 102 Å². The molecule has 4 nitrogen and oxygen atoms in total. The van der Waals surface area contributed by atoms with Crippen LogP contribution in [0.2, 0.25) is 0 Å². The molecule has 0 bridgehead atoms. The number of thioether (sulfide) groups is 1. The number of nitrogens with two attached hydrogens (primary N) is 1. The Morgan fingerprint density at radius 2 is 2.19 bits per heavy atom. The van der Waals surface area contributed by atoms with Gasteiger partial charge >= 0.3 is 0 Å². The van der Waals surface area contributed by atoms with Crippen molar-refractivity contribution in [3.05, 3.63) is 0 Å². The van der Waals surface area contributed by atoms with Gasteiger partial charge in [0.1, 0.15) is 5.37 Å². The molecule has 0 amide bonds. The molecule has 2 fully saturated rings. The first kappa shape index (κ1) is 12.7. The Morgan fingerprint density at radius 3 is 2.69 bits per heavy atom. The first-order chi connectivity index (χ1) is 7.41. The summed E-state index contributed by atoms with van der Waals surface area (Å²) in [6.07, 6.45) is 4.59. The minimum absolute atomic E-state index is 0.120. The van der Waals surface area contributed by atoms with E-state index in [1.165, 1.54) is 12.7 Å². The maximum Gasteiger partial charge on any atom is 0.164 e. The van der Waals surface area contributed by atoms with Crippen LogP contribution in [0.4, 0.5) is 0 Å². The van der Waals surface area contributed by atoms with E-state index in [-0.39, 0.29) is 10.9 Å². The highest BCUT2D eigenvalue weighted by molar-refractivity contribution is 8.00. The topological polar surface area (TPSA) is 63.4 Å². The number of sulfone groups is 1. The van der Waals surface area contributed by atoms with Crippen molar-refractivity contribution in [2.75, 3.05) is 30.9 Å². The van der Waals surface area contributed by atoms with Crippen LogP contribution in [-0.4, -0.2) is 55.1 Å². The average molecular weight is 264 g/mol. The van der Waals surface area contributed by atoms with Gasteiger partial charge in [-0.2, -0.15) is 11.8 Å². The van der Waals surface area contributed by atoms with Gasteiger partial charge < -0.3 is 5.73 Å². The van der Waals surface area contributed by atoms with Crippen molar-refractivity contribution in [3.63, 3.8) is 0 Å². The van der Waals surface area contributed by atoms with Crippen LogP contribution in [0.25, 0.3) is 0 Å². The first-order valence-electron chi connectivity index (χ1n) is 5.70. The number of nitrogens with zero attached hydrogens (tertiary/aromatic N) is 1. The molecular formula is C10H20N2O2S2. The zero-order valence-corrected chi connectivity index (χ0v) is 11.3. The van der Waals surface area contributed by atoms with E-state index < -0.39 is 9.84 Å². The van der Waals surface area contributed by atoms with E-state index in [0.717, 1.165) is 31.7 Å². The van der Waals surface area contributed by atoms with Gasteiger partial charge in [0.2, 0.25) is 0 Å². The minimum atomic E-state index is -2.98. The fourth-order valence-electron chi connectivity index (χ4n) is 2.38. The molecule has 0 spiro atoms. The van der Waals surface area contributed by atoms with Crippen LogP contribution >= 0.6 is 11.8 Å². The normalized spacial score (nSPS) is 31.0. The fraction of sp³-hybridized carbons (Fsp3) is 1.00. The number of hydrogen-bond acceptors (Lipinski definition) is 5. The lowest BCUT2D eigenvalue weighted by Gasteiger charge is -2.45. The third-order valence-corrected chi connectivity index (χ3v) is 6.24. The second-order valence-electron chi connectivity index (χ2n) is 5.05. The highest BCUT2D eigenvalue weighted by atomic mass is 32.2. The van der Waals surface area contributed by atoms with E-state index in [4.69, 9.17) is 5.73 Å². The van der Waals surface area contributed by atoms with Crippen molar-refractivity contribution in [3.8, 4) is 0 Å². The molecule has 0 aromatic carbocycles. The largest absolute Gasteiger partial charge is 0.324 e. The molecule has 1 saturated carbocycles.